The van der Waals surface area contributed by atoms with E-state index in [2.05, 4.69) is 155 Å². The zero-order valence-corrected chi connectivity index (χ0v) is 20.9. The molecule has 1 aromatic heterocycles. The minimum atomic E-state index is 0.269. The van der Waals surface area contributed by atoms with E-state index >= 15 is 0 Å². The molecule has 6 aromatic rings. The van der Waals surface area contributed by atoms with Crippen LogP contribution in [0.5, 0.6) is 0 Å². The Kier molecular flexibility index (Phi) is 4.68. The molecule has 0 saturated heterocycles. The van der Waals surface area contributed by atoms with Gasteiger partial charge in [0.05, 0.1) is 17.1 Å². The van der Waals surface area contributed by atoms with Crippen molar-refractivity contribution >= 4 is 33.2 Å². The van der Waals surface area contributed by atoms with Crippen molar-refractivity contribution in [2.75, 3.05) is 4.90 Å². The van der Waals surface area contributed by atoms with Crippen molar-refractivity contribution in [1.29, 1.82) is 0 Å². The molecule has 2 atom stereocenters. The Morgan fingerprint density at radius 2 is 1.11 bits per heavy atom. The molecule has 2 nitrogen and oxygen atoms in total. The van der Waals surface area contributed by atoms with Gasteiger partial charge in [-0.25, -0.2) is 0 Å². The van der Waals surface area contributed by atoms with E-state index in [-0.39, 0.29) is 6.04 Å². The predicted molar refractivity (Wildman–Crippen MR) is 160 cm³/mol. The molecule has 0 radical (unpaired) electrons. The number of aromatic nitrogens is 1. The van der Waals surface area contributed by atoms with E-state index in [0.29, 0.717) is 5.92 Å². The maximum Gasteiger partial charge on any atom is 0.0629 e. The van der Waals surface area contributed by atoms with E-state index in [1.165, 1.54) is 55.6 Å². The average Bonchev–Trinajstić information content (AvgIpc) is 3.50. The Morgan fingerprint density at radius 1 is 0.500 bits per heavy atom. The first-order valence-corrected chi connectivity index (χ1v) is 13.3. The molecule has 180 valence electrons. The van der Waals surface area contributed by atoms with Gasteiger partial charge in [0.1, 0.15) is 0 Å². The second-order valence-electron chi connectivity index (χ2n) is 10.2. The first kappa shape index (κ1) is 21.3. The van der Waals surface area contributed by atoms with Gasteiger partial charge in [-0.15, -0.1) is 0 Å². The summed E-state index contributed by atoms with van der Waals surface area (Å²) in [6, 6.07) is 44.4. The second-order valence-corrected chi connectivity index (χ2v) is 10.2. The molecule has 2 aliphatic rings. The Morgan fingerprint density at radius 3 is 1.84 bits per heavy atom. The molecule has 1 aliphatic heterocycles. The van der Waals surface area contributed by atoms with E-state index in [1.54, 1.807) is 0 Å². The number of hydrogen-bond donors (Lipinski definition) is 0. The molecule has 0 amide bonds. The number of rotatable bonds is 3. The van der Waals surface area contributed by atoms with E-state index < -0.39 is 0 Å². The number of benzene rings is 5. The van der Waals surface area contributed by atoms with Crippen molar-refractivity contribution in [2.24, 2.45) is 0 Å². The first-order valence-electron chi connectivity index (χ1n) is 13.3. The first-order chi connectivity index (χ1) is 18.9. The largest absolute Gasteiger partial charge is 0.333 e. The molecule has 1 aliphatic carbocycles. The van der Waals surface area contributed by atoms with Crippen molar-refractivity contribution in [3.63, 3.8) is 0 Å². The third kappa shape index (κ3) is 3.13. The lowest BCUT2D eigenvalue weighted by Gasteiger charge is -2.29. The highest BCUT2D eigenvalue weighted by molar-refractivity contribution is 6.09. The molecule has 0 spiro atoms. The van der Waals surface area contributed by atoms with E-state index in [1.807, 2.05) is 0 Å². The lowest BCUT2D eigenvalue weighted by Crippen LogP contribution is -2.28. The zero-order valence-electron chi connectivity index (χ0n) is 20.9. The van der Waals surface area contributed by atoms with Crippen LogP contribution in [0.4, 0.5) is 11.4 Å². The summed E-state index contributed by atoms with van der Waals surface area (Å²) >= 11 is 0. The summed E-state index contributed by atoms with van der Waals surface area (Å²) in [6.07, 6.45) is 9.07. The summed E-state index contributed by atoms with van der Waals surface area (Å²) in [4.78, 5) is 2.52. The van der Waals surface area contributed by atoms with Crippen molar-refractivity contribution in [2.45, 2.75) is 12.0 Å². The molecule has 2 unspecified atom stereocenters. The molecule has 8 rings (SSSR count). The maximum absolute atomic E-state index is 2.52. The van der Waals surface area contributed by atoms with Crippen molar-refractivity contribution in [1.82, 2.24) is 4.57 Å². The minimum absolute atomic E-state index is 0.269. The van der Waals surface area contributed by atoms with Gasteiger partial charge < -0.3 is 9.47 Å². The van der Waals surface area contributed by atoms with Crippen molar-refractivity contribution < 1.29 is 0 Å². The summed E-state index contributed by atoms with van der Waals surface area (Å²) in [7, 11) is 0. The smallest absolute Gasteiger partial charge is 0.0629 e. The zero-order chi connectivity index (χ0) is 25.1. The molecule has 2 heteroatoms. The Hall–Kier alpha value is -4.82. The van der Waals surface area contributed by atoms with Gasteiger partial charge in [0.25, 0.3) is 0 Å². The normalized spacial score (nSPS) is 17.7. The van der Waals surface area contributed by atoms with Crippen LogP contribution in [0.25, 0.3) is 38.6 Å². The summed E-state index contributed by atoms with van der Waals surface area (Å²) in [5.41, 5.74) is 10.0. The van der Waals surface area contributed by atoms with Crippen LogP contribution in [-0.4, -0.2) is 10.6 Å². The molecular weight excluding hydrogens is 460 g/mol. The maximum atomic E-state index is 2.52. The van der Waals surface area contributed by atoms with Gasteiger partial charge in [-0.3, -0.25) is 0 Å². The summed E-state index contributed by atoms with van der Waals surface area (Å²) < 4.78 is 2.41. The standard InChI is InChI=1S/C36H26N2/c1-2-10-25(11-3-1)26-18-20-27(21-19-26)37-33-15-7-6-14-31(33)32-23-22-28(24-36(32)37)38-34-16-8-4-12-29(34)30-13-5-9-17-35(30)38/h1-24,31,33H. The average molecular weight is 487 g/mol. The predicted octanol–water partition coefficient (Wildman–Crippen LogP) is 9.18. The Balaban J connectivity index is 1.30. The third-order valence-electron chi connectivity index (χ3n) is 8.13. The fourth-order valence-corrected chi connectivity index (χ4v) is 6.41. The van der Waals surface area contributed by atoms with E-state index in [9.17, 15) is 0 Å². The number of fused-ring (bicyclic) bond motifs is 6. The summed E-state index contributed by atoms with van der Waals surface area (Å²) in [5, 5.41) is 2.58. The van der Waals surface area contributed by atoms with Crippen LogP contribution < -0.4 is 4.90 Å². The third-order valence-corrected chi connectivity index (χ3v) is 8.13. The number of para-hydroxylation sites is 2. The molecule has 0 N–H and O–H groups in total. The Labute approximate surface area is 222 Å². The molecule has 38 heavy (non-hydrogen) atoms. The molecular formula is C36H26N2. The van der Waals surface area contributed by atoms with Gasteiger partial charge in [-0.2, -0.15) is 0 Å². The topological polar surface area (TPSA) is 8.17 Å². The van der Waals surface area contributed by atoms with Gasteiger partial charge in [-0.05, 0) is 53.1 Å². The lowest BCUT2D eigenvalue weighted by atomic mass is 9.91. The fraction of sp³-hybridized carbons (Fsp3) is 0.0556. The Bertz CT molecular complexity index is 1820. The van der Waals surface area contributed by atoms with Gasteiger partial charge in [-0.1, -0.05) is 109 Å². The quantitative estimate of drug-likeness (QED) is 0.242. The number of hydrogen-bond acceptors (Lipinski definition) is 1. The number of allylic oxidation sites excluding steroid dienone is 2. The highest BCUT2D eigenvalue weighted by atomic mass is 15.2. The van der Waals surface area contributed by atoms with Crippen LogP contribution in [0.1, 0.15) is 11.5 Å². The highest BCUT2D eigenvalue weighted by Crippen LogP contribution is 2.49. The summed E-state index contributed by atoms with van der Waals surface area (Å²) in [5.74, 6) is 0.344. The van der Waals surface area contributed by atoms with Crippen LogP contribution >= 0.6 is 0 Å². The molecule has 0 bridgehead atoms. The molecule has 2 heterocycles. The van der Waals surface area contributed by atoms with Crippen LogP contribution in [0, 0.1) is 0 Å². The van der Waals surface area contributed by atoms with Crippen LogP contribution in [0.15, 0.2) is 146 Å². The highest BCUT2D eigenvalue weighted by Gasteiger charge is 2.37. The molecule has 0 fully saturated rings. The van der Waals surface area contributed by atoms with Gasteiger partial charge in [0.15, 0.2) is 0 Å². The minimum Gasteiger partial charge on any atom is -0.333 e. The van der Waals surface area contributed by atoms with E-state index in [0.717, 1.165) is 0 Å². The number of anilines is 2. The number of nitrogens with zero attached hydrogens (tertiary/aromatic N) is 2. The van der Waals surface area contributed by atoms with Crippen LogP contribution in [0.2, 0.25) is 0 Å². The van der Waals surface area contributed by atoms with Gasteiger partial charge >= 0.3 is 0 Å². The van der Waals surface area contributed by atoms with Crippen LogP contribution in [0.3, 0.4) is 0 Å². The van der Waals surface area contributed by atoms with Gasteiger partial charge in [0, 0.05) is 33.8 Å². The molecule has 5 aromatic carbocycles. The van der Waals surface area contributed by atoms with E-state index in [4.69, 9.17) is 0 Å². The van der Waals surface area contributed by atoms with Crippen molar-refractivity contribution in [3.8, 4) is 16.8 Å². The van der Waals surface area contributed by atoms with Crippen LogP contribution in [-0.2, 0) is 0 Å². The lowest BCUT2D eigenvalue weighted by molar-refractivity contribution is 0.745. The van der Waals surface area contributed by atoms with Crippen molar-refractivity contribution in [3.05, 3.63) is 151 Å². The molecule has 0 saturated carbocycles. The monoisotopic (exact) mass is 486 g/mol. The van der Waals surface area contributed by atoms with Gasteiger partial charge in [0.2, 0.25) is 0 Å². The second kappa shape index (κ2) is 8.36. The summed E-state index contributed by atoms with van der Waals surface area (Å²) in [6.45, 7) is 0. The fourth-order valence-electron chi connectivity index (χ4n) is 6.41. The SMILES string of the molecule is C1=CC2c3ccc(-n4c5ccccc5c5ccccc54)cc3N(c3ccc(-c4ccccc4)cc3)C2C=C1.